The third-order valence-electron chi connectivity index (χ3n) is 3.42. The van der Waals surface area contributed by atoms with E-state index in [0.717, 1.165) is 23.4 Å². The predicted molar refractivity (Wildman–Crippen MR) is 79.5 cm³/mol. The highest BCUT2D eigenvalue weighted by molar-refractivity contribution is 5.36. The first-order valence-corrected chi connectivity index (χ1v) is 7.01. The Morgan fingerprint density at radius 1 is 1.14 bits per heavy atom. The van der Waals surface area contributed by atoms with Crippen molar-refractivity contribution >= 4 is 0 Å². The summed E-state index contributed by atoms with van der Waals surface area (Å²) in [5, 5.41) is 0. The Morgan fingerprint density at radius 3 is 2.62 bits per heavy atom. The van der Waals surface area contributed by atoms with Crippen molar-refractivity contribution in [3.05, 3.63) is 65.2 Å². The van der Waals surface area contributed by atoms with E-state index in [1.807, 2.05) is 31.2 Å². The van der Waals surface area contributed by atoms with Gasteiger partial charge in [-0.15, -0.1) is 0 Å². The SMILES string of the molecule is CCOc1ccccc1CC(CN)c1cc(F)ccc1F. The molecule has 2 rings (SSSR count). The minimum atomic E-state index is -0.456. The number of hydrogen-bond donors (Lipinski definition) is 1. The zero-order valence-corrected chi connectivity index (χ0v) is 12.0. The maximum atomic E-state index is 13.9. The molecule has 0 spiro atoms. The average Bonchev–Trinajstić information content (AvgIpc) is 2.49. The molecule has 1 atom stereocenters. The van der Waals surface area contributed by atoms with E-state index < -0.39 is 11.6 Å². The molecule has 2 nitrogen and oxygen atoms in total. The second kappa shape index (κ2) is 7.18. The summed E-state index contributed by atoms with van der Waals surface area (Å²) in [4.78, 5) is 0. The van der Waals surface area contributed by atoms with Crippen LogP contribution in [0.4, 0.5) is 8.78 Å². The summed E-state index contributed by atoms with van der Waals surface area (Å²) in [5.41, 5.74) is 7.02. The van der Waals surface area contributed by atoms with E-state index in [2.05, 4.69) is 0 Å². The Balaban J connectivity index is 2.29. The zero-order chi connectivity index (χ0) is 15.2. The summed E-state index contributed by atoms with van der Waals surface area (Å²) < 4.78 is 32.8. The standard InChI is InChI=1S/C17H19F2NO/c1-2-21-17-6-4-3-5-12(17)9-13(11-20)15-10-14(18)7-8-16(15)19/h3-8,10,13H,2,9,11,20H2,1H3. The Bertz CT molecular complexity index is 601. The molecular formula is C17H19F2NO. The van der Waals surface area contributed by atoms with Gasteiger partial charge in [-0.2, -0.15) is 0 Å². The summed E-state index contributed by atoms with van der Waals surface area (Å²) >= 11 is 0. The molecule has 112 valence electrons. The van der Waals surface area contributed by atoms with Gasteiger partial charge in [-0.1, -0.05) is 18.2 Å². The number of benzene rings is 2. The molecule has 2 aromatic carbocycles. The molecule has 0 aliphatic heterocycles. The van der Waals surface area contributed by atoms with E-state index in [1.54, 1.807) is 0 Å². The molecule has 0 aromatic heterocycles. The first-order valence-electron chi connectivity index (χ1n) is 7.01. The highest BCUT2D eigenvalue weighted by atomic mass is 19.1. The maximum absolute atomic E-state index is 13.9. The molecule has 0 aliphatic carbocycles. The van der Waals surface area contributed by atoms with Crippen LogP contribution in [0, 0.1) is 11.6 Å². The summed E-state index contributed by atoms with van der Waals surface area (Å²) in [6.45, 7) is 2.70. The van der Waals surface area contributed by atoms with Gasteiger partial charge in [0.15, 0.2) is 0 Å². The number of para-hydroxylation sites is 1. The van der Waals surface area contributed by atoms with Crippen molar-refractivity contribution in [1.29, 1.82) is 0 Å². The number of hydrogen-bond acceptors (Lipinski definition) is 2. The van der Waals surface area contributed by atoms with Gasteiger partial charge in [0.1, 0.15) is 17.4 Å². The van der Waals surface area contributed by atoms with E-state index in [4.69, 9.17) is 10.5 Å². The molecule has 4 heteroatoms. The van der Waals surface area contributed by atoms with Crippen LogP contribution in [0.15, 0.2) is 42.5 Å². The summed E-state index contributed by atoms with van der Waals surface area (Å²) in [6.07, 6.45) is 0.507. The second-order valence-corrected chi connectivity index (χ2v) is 4.84. The van der Waals surface area contributed by atoms with Crippen molar-refractivity contribution < 1.29 is 13.5 Å². The summed E-state index contributed by atoms with van der Waals surface area (Å²) in [6, 6.07) is 11.0. The first kappa shape index (κ1) is 15.4. The summed E-state index contributed by atoms with van der Waals surface area (Å²) in [7, 11) is 0. The third kappa shape index (κ3) is 3.79. The van der Waals surface area contributed by atoms with Gasteiger partial charge in [-0.05, 0) is 55.3 Å². The van der Waals surface area contributed by atoms with Crippen molar-refractivity contribution in [2.24, 2.45) is 5.73 Å². The Labute approximate surface area is 123 Å². The van der Waals surface area contributed by atoms with E-state index in [0.29, 0.717) is 18.6 Å². The van der Waals surface area contributed by atoms with E-state index >= 15 is 0 Å². The second-order valence-electron chi connectivity index (χ2n) is 4.84. The van der Waals surface area contributed by atoms with Gasteiger partial charge in [-0.25, -0.2) is 8.78 Å². The van der Waals surface area contributed by atoms with Gasteiger partial charge in [0, 0.05) is 5.92 Å². The van der Waals surface area contributed by atoms with Crippen molar-refractivity contribution in [3.63, 3.8) is 0 Å². The fraction of sp³-hybridized carbons (Fsp3) is 0.294. The number of rotatable bonds is 6. The molecular weight excluding hydrogens is 272 g/mol. The molecule has 0 saturated heterocycles. The van der Waals surface area contributed by atoms with Crippen LogP contribution >= 0.6 is 0 Å². The fourth-order valence-electron chi connectivity index (χ4n) is 2.38. The van der Waals surface area contributed by atoms with E-state index in [-0.39, 0.29) is 12.5 Å². The van der Waals surface area contributed by atoms with Crippen molar-refractivity contribution in [3.8, 4) is 5.75 Å². The Morgan fingerprint density at radius 2 is 1.90 bits per heavy atom. The molecule has 0 bridgehead atoms. The molecule has 21 heavy (non-hydrogen) atoms. The fourth-order valence-corrected chi connectivity index (χ4v) is 2.38. The largest absolute Gasteiger partial charge is 0.494 e. The average molecular weight is 291 g/mol. The maximum Gasteiger partial charge on any atom is 0.126 e. The van der Waals surface area contributed by atoms with Crippen molar-refractivity contribution in [1.82, 2.24) is 0 Å². The smallest absolute Gasteiger partial charge is 0.126 e. The molecule has 0 aliphatic rings. The van der Waals surface area contributed by atoms with Gasteiger partial charge >= 0.3 is 0 Å². The first-order chi connectivity index (χ1) is 10.2. The van der Waals surface area contributed by atoms with Gasteiger partial charge in [-0.3, -0.25) is 0 Å². The molecule has 2 N–H and O–H groups in total. The zero-order valence-electron chi connectivity index (χ0n) is 12.0. The molecule has 0 radical (unpaired) electrons. The molecule has 0 amide bonds. The number of ether oxygens (including phenoxy) is 1. The van der Waals surface area contributed by atoms with Crippen LogP contribution in [0.3, 0.4) is 0 Å². The van der Waals surface area contributed by atoms with Crippen LogP contribution < -0.4 is 10.5 Å². The molecule has 2 aromatic rings. The van der Waals surface area contributed by atoms with Gasteiger partial charge in [0.25, 0.3) is 0 Å². The van der Waals surface area contributed by atoms with Crippen molar-refractivity contribution in [2.75, 3.05) is 13.2 Å². The van der Waals surface area contributed by atoms with Crippen LogP contribution in [0.5, 0.6) is 5.75 Å². The van der Waals surface area contributed by atoms with E-state index in [9.17, 15) is 8.78 Å². The van der Waals surface area contributed by atoms with Crippen LogP contribution in [-0.4, -0.2) is 13.2 Å². The Kier molecular flexibility index (Phi) is 5.28. The highest BCUT2D eigenvalue weighted by Crippen LogP contribution is 2.28. The van der Waals surface area contributed by atoms with Crippen LogP contribution in [0.25, 0.3) is 0 Å². The lowest BCUT2D eigenvalue weighted by molar-refractivity contribution is 0.335. The van der Waals surface area contributed by atoms with Crippen LogP contribution in [0.2, 0.25) is 0 Å². The third-order valence-corrected chi connectivity index (χ3v) is 3.42. The lowest BCUT2D eigenvalue weighted by Gasteiger charge is -2.18. The number of nitrogens with two attached hydrogens (primary N) is 1. The minimum Gasteiger partial charge on any atom is -0.494 e. The highest BCUT2D eigenvalue weighted by Gasteiger charge is 2.17. The molecule has 0 heterocycles. The molecule has 0 saturated carbocycles. The molecule has 1 unspecified atom stereocenters. The normalized spacial score (nSPS) is 12.2. The van der Waals surface area contributed by atoms with Crippen LogP contribution in [-0.2, 0) is 6.42 Å². The molecule has 0 fully saturated rings. The monoisotopic (exact) mass is 291 g/mol. The van der Waals surface area contributed by atoms with Crippen LogP contribution in [0.1, 0.15) is 24.0 Å². The quantitative estimate of drug-likeness (QED) is 0.881. The minimum absolute atomic E-state index is 0.237. The lowest BCUT2D eigenvalue weighted by atomic mass is 9.91. The summed E-state index contributed by atoms with van der Waals surface area (Å²) in [5.74, 6) is -0.416. The Hall–Kier alpha value is -1.94. The van der Waals surface area contributed by atoms with E-state index in [1.165, 1.54) is 6.07 Å². The van der Waals surface area contributed by atoms with Gasteiger partial charge in [0.2, 0.25) is 0 Å². The van der Waals surface area contributed by atoms with Gasteiger partial charge < -0.3 is 10.5 Å². The lowest BCUT2D eigenvalue weighted by Crippen LogP contribution is -2.17. The predicted octanol–water partition coefficient (Wildman–Crippen LogP) is 3.65. The number of halogens is 2. The topological polar surface area (TPSA) is 35.2 Å². The van der Waals surface area contributed by atoms with Crippen molar-refractivity contribution in [2.45, 2.75) is 19.3 Å². The van der Waals surface area contributed by atoms with Gasteiger partial charge in [0.05, 0.1) is 6.61 Å².